The smallest absolute Gasteiger partial charge is 0.274 e. The van der Waals surface area contributed by atoms with Gasteiger partial charge in [0.15, 0.2) is 0 Å². The zero-order valence-electron chi connectivity index (χ0n) is 15.4. The van der Waals surface area contributed by atoms with E-state index < -0.39 is 0 Å². The van der Waals surface area contributed by atoms with E-state index in [1.807, 2.05) is 54.6 Å². The van der Waals surface area contributed by atoms with Gasteiger partial charge in [-0.1, -0.05) is 36.4 Å². The molecule has 4 rings (SSSR count). The summed E-state index contributed by atoms with van der Waals surface area (Å²) in [7, 11) is 1.72. The molecule has 6 heteroatoms. The second-order valence-electron chi connectivity index (χ2n) is 6.49. The van der Waals surface area contributed by atoms with Crippen molar-refractivity contribution in [3.63, 3.8) is 0 Å². The van der Waals surface area contributed by atoms with Crippen LogP contribution in [-0.2, 0) is 6.61 Å². The summed E-state index contributed by atoms with van der Waals surface area (Å²) in [5.41, 5.74) is 4.60. The molecule has 0 bridgehead atoms. The number of aliphatic hydroxyl groups is 1. The highest BCUT2D eigenvalue weighted by Crippen LogP contribution is 2.26. The van der Waals surface area contributed by atoms with Gasteiger partial charge in [-0.15, -0.1) is 0 Å². The Bertz CT molecular complexity index is 1140. The molecule has 2 aromatic carbocycles. The normalized spacial score (nSPS) is 11.4. The number of nitrogens with zero attached hydrogens (tertiary/aromatic N) is 2. The summed E-state index contributed by atoms with van der Waals surface area (Å²) in [4.78, 5) is 17.3. The number of hydrogen-bond acceptors (Lipinski definition) is 3. The summed E-state index contributed by atoms with van der Waals surface area (Å²) in [5, 5.41) is 17.9. The Labute approximate surface area is 162 Å². The Hall–Kier alpha value is -3.64. The maximum absolute atomic E-state index is 12.8. The van der Waals surface area contributed by atoms with Gasteiger partial charge in [0.1, 0.15) is 5.69 Å². The van der Waals surface area contributed by atoms with Crippen molar-refractivity contribution >= 4 is 34.6 Å². The van der Waals surface area contributed by atoms with Gasteiger partial charge in [0.25, 0.3) is 5.91 Å². The lowest BCUT2D eigenvalue weighted by atomic mass is 10.1. The Morgan fingerprint density at radius 2 is 2.00 bits per heavy atom. The molecule has 3 N–H and O–H groups in total. The highest BCUT2D eigenvalue weighted by molar-refractivity contribution is 6.06. The van der Waals surface area contributed by atoms with Crippen LogP contribution in [0.2, 0.25) is 0 Å². The second kappa shape index (κ2) is 7.54. The molecule has 28 heavy (non-hydrogen) atoms. The fourth-order valence-electron chi connectivity index (χ4n) is 3.15. The number of H-pyrrole nitrogens is 2. The van der Waals surface area contributed by atoms with E-state index in [-0.39, 0.29) is 12.5 Å². The number of para-hydroxylation sites is 1. The van der Waals surface area contributed by atoms with E-state index in [1.165, 1.54) is 0 Å². The van der Waals surface area contributed by atoms with E-state index in [0.717, 1.165) is 27.7 Å². The van der Waals surface area contributed by atoms with Gasteiger partial charge in [-0.05, 0) is 41.5 Å². The van der Waals surface area contributed by atoms with Crippen molar-refractivity contribution < 1.29 is 9.90 Å². The number of carbonyl (C=O) groups is 1. The molecule has 0 saturated carbocycles. The Balaban J connectivity index is 1.71. The molecular formula is C22H20N4O2. The van der Waals surface area contributed by atoms with Crippen LogP contribution in [0.5, 0.6) is 0 Å². The first-order valence-corrected chi connectivity index (χ1v) is 8.94. The van der Waals surface area contributed by atoms with Crippen molar-refractivity contribution in [2.75, 3.05) is 11.9 Å². The SMILES string of the molecule is CN(C(=O)c1ccc[nH]1)c1cc(CO)ccc1/C=C/c1n[nH]c2ccccc12. The topological polar surface area (TPSA) is 85.0 Å². The van der Waals surface area contributed by atoms with Crippen LogP contribution < -0.4 is 4.90 Å². The minimum Gasteiger partial charge on any atom is -0.392 e. The van der Waals surface area contributed by atoms with Crippen LogP contribution in [0, 0.1) is 0 Å². The summed E-state index contributed by atoms with van der Waals surface area (Å²) in [6.07, 6.45) is 5.57. The molecule has 0 saturated heterocycles. The number of aromatic nitrogens is 3. The molecule has 0 aliphatic rings. The minimum absolute atomic E-state index is 0.0917. The Morgan fingerprint density at radius 3 is 2.79 bits per heavy atom. The van der Waals surface area contributed by atoms with Crippen molar-refractivity contribution in [3.05, 3.63) is 83.3 Å². The number of anilines is 1. The molecule has 0 spiro atoms. The summed E-state index contributed by atoms with van der Waals surface area (Å²) in [5.74, 6) is -0.153. The first-order chi connectivity index (χ1) is 13.7. The molecule has 0 fully saturated rings. The van der Waals surface area contributed by atoms with Crippen LogP contribution in [0.15, 0.2) is 60.8 Å². The highest BCUT2D eigenvalue weighted by Gasteiger charge is 2.17. The third-order valence-corrected chi connectivity index (χ3v) is 4.69. The van der Waals surface area contributed by atoms with Gasteiger partial charge in [-0.2, -0.15) is 5.10 Å². The fraction of sp³-hybridized carbons (Fsp3) is 0.0909. The van der Waals surface area contributed by atoms with E-state index in [2.05, 4.69) is 15.2 Å². The van der Waals surface area contributed by atoms with E-state index in [4.69, 9.17) is 0 Å². The molecule has 0 atom stereocenters. The molecule has 4 aromatic rings. The number of rotatable bonds is 5. The first kappa shape index (κ1) is 17.8. The number of fused-ring (bicyclic) bond motifs is 1. The van der Waals surface area contributed by atoms with Crippen LogP contribution >= 0.6 is 0 Å². The van der Waals surface area contributed by atoms with Gasteiger partial charge in [0.2, 0.25) is 0 Å². The zero-order chi connectivity index (χ0) is 19.5. The number of benzene rings is 2. The summed E-state index contributed by atoms with van der Waals surface area (Å²) in [6, 6.07) is 17.0. The van der Waals surface area contributed by atoms with Crippen LogP contribution in [-0.4, -0.2) is 33.2 Å². The standard InChI is InChI=1S/C22H20N4O2/c1-26(22(28)20-7-4-12-23-20)21-13-15(14-27)8-9-16(21)10-11-19-17-5-2-3-6-18(17)24-25-19/h2-13,23,27H,14H2,1H3,(H,24,25)/b11-10+. The molecule has 0 aliphatic heterocycles. The molecule has 2 aromatic heterocycles. The minimum atomic E-state index is -0.153. The van der Waals surface area contributed by atoms with Crippen molar-refractivity contribution in [2.24, 2.45) is 0 Å². The van der Waals surface area contributed by atoms with Crippen LogP contribution in [0.4, 0.5) is 5.69 Å². The summed E-state index contributed by atoms with van der Waals surface area (Å²) < 4.78 is 0. The Morgan fingerprint density at radius 1 is 1.14 bits per heavy atom. The third kappa shape index (κ3) is 3.33. The number of aromatic amines is 2. The quantitative estimate of drug-likeness (QED) is 0.498. The predicted octanol–water partition coefficient (Wildman–Crippen LogP) is 3.83. The molecule has 0 radical (unpaired) electrons. The third-order valence-electron chi connectivity index (χ3n) is 4.69. The number of amides is 1. The van der Waals surface area contributed by atoms with Crippen molar-refractivity contribution in [1.82, 2.24) is 15.2 Å². The lowest BCUT2D eigenvalue weighted by Gasteiger charge is -2.20. The molecule has 0 aliphatic carbocycles. The second-order valence-corrected chi connectivity index (χ2v) is 6.49. The molecule has 1 amide bonds. The molecular weight excluding hydrogens is 352 g/mol. The largest absolute Gasteiger partial charge is 0.392 e. The van der Waals surface area contributed by atoms with Gasteiger partial charge in [0, 0.05) is 18.6 Å². The van der Waals surface area contributed by atoms with Gasteiger partial charge < -0.3 is 15.0 Å². The highest BCUT2D eigenvalue weighted by atomic mass is 16.3. The molecule has 2 heterocycles. The van der Waals surface area contributed by atoms with Crippen LogP contribution in [0.1, 0.15) is 27.3 Å². The maximum Gasteiger partial charge on any atom is 0.274 e. The van der Waals surface area contributed by atoms with E-state index >= 15 is 0 Å². The van der Waals surface area contributed by atoms with Gasteiger partial charge >= 0.3 is 0 Å². The molecule has 0 unspecified atom stereocenters. The Kier molecular flexibility index (Phi) is 4.78. The lowest BCUT2D eigenvalue weighted by Crippen LogP contribution is -2.27. The van der Waals surface area contributed by atoms with Crippen molar-refractivity contribution in [2.45, 2.75) is 6.61 Å². The average molecular weight is 372 g/mol. The monoisotopic (exact) mass is 372 g/mol. The number of hydrogen-bond donors (Lipinski definition) is 3. The average Bonchev–Trinajstić information content (AvgIpc) is 3.41. The summed E-state index contributed by atoms with van der Waals surface area (Å²) >= 11 is 0. The number of aliphatic hydroxyl groups excluding tert-OH is 1. The van der Waals surface area contributed by atoms with E-state index in [0.29, 0.717) is 11.4 Å². The van der Waals surface area contributed by atoms with Crippen LogP contribution in [0.3, 0.4) is 0 Å². The van der Waals surface area contributed by atoms with Crippen molar-refractivity contribution in [3.8, 4) is 0 Å². The number of nitrogens with one attached hydrogen (secondary N) is 2. The molecule has 140 valence electrons. The van der Waals surface area contributed by atoms with Gasteiger partial charge in [-0.3, -0.25) is 9.89 Å². The lowest BCUT2D eigenvalue weighted by molar-refractivity contribution is 0.0988. The summed E-state index contributed by atoms with van der Waals surface area (Å²) in [6.45, 7) is -0.0917. The fourth-order valence-corrected chi connectivity index (χ4v) is 3.15. The molecule has 6 nitrogen and oxygen atoms in total. The number of carbonyl (C=O) groups excluding carboxylic acids is 1. The van der Waals surface area contributed by atoms with E-state index in [9.17, 15) is 9.90 Å². The predicted molar refractivity (Wildman–Crippen MR) is 111 cm³/mol. The van der Waals surface area contributed by atoms with Gasteiger partial charge in [0.05, 0.1) is 23.5 Å². The van der Waals surface area contributed by atoms with Crippen LogP contribution in [0.25, 0.3) is 23.1 Å². The van der Waals surface area contributed by atoms with Gasteiger partial charge in [-0.25, -0.2) is 0 Å². The zero-order valence-corrected chi connectivity index (χ0v) is 15.4. The van der Waals surface area contributed by atoms with E-state index in [1.54, 1.807) is 30.3 Å². The first-order valence-electron chi connectivity index (χ1n) is 8.94. The maximum atomic E-state index is 12.8. The van der Waals surface area contributed by atoms with Crippen molar-refractivity contribution in [1.29, 1.82) is 0 Å².